The van der Waals surface area contributed by atoms with Gasteiger partial charge in [-0.05, 0) is 24.3 Å². The Balaban J connectivity index is 1.60. The molecule has 0 aliphatic carbocycles. The van der Waals surface area contributed by atoms with Gasteiger partial charge in [-0.2, -0.15) is 0 Å². The first kappa shape index (κ1) is 15.5. The average Bonchev–Trinajstić information content (AvgIpc) is 2.58. The van der Waals surface area contributed by atoms with Crippen LogP contribution in [0.5, 0.6) is 5.75 Å². The maximum atomic E-state index is 11.7. The van der Waals surface area contributed by atoms with Gasteiger partial charge in [-0.25, -0.2) is 0 Å². The zero-order valence-corrected chi connectivity index (χ0v) is 12.0. The number of ether oxygens (including phenoxy) is 1. The SMILES string of the molecule is O=C(COc1ccccc1)NCCNC(=O)c1cccnc1. The van der Waals surface area contributed by atoms with E-state index in [0.717, 1.165) is 0 Å². The van der Waals surface area contributed by atoms with Crippen LogP contribution in [0, 0.1) is 0 Å². The number of aromatic nitrogens is 1. The fourth-order valence-electron chi connectivity index (χ4n) is 1.69. The first-order chi connectivity index (χ1) is 10.8. The van der Waals surface area contributed by atoms with Gasteiger partial charge in [0, 0.05) is 25.5 Å². The summed E-state index contributed by atoms with van der Waals surface area (Å²) in [6, 6.07) is 12.5. The molecule has 0 aliphatic rings. The van der Waals surface area contributed by atoms with E-state index in [1.807, 2.05) is 18.2 Å². The number of carbonyl (C=O) groups is 2. The Hall–Kier alpha value is -2.89. The molecule has 0 saturated heterocycles. The van der Waals surface area contributed by atoms with Gasteiger partial charge in [0.05, 0.1) is 5.56 Å². The van der Waals surface area contributed by atoms with Gasteiger partial charge in [0.15, 0.2) is 6.61 Å². The van der Waals surface area contributed by atoms with Crippen LogP contribution in [0.2, 0.25) is 0 Å². The summed E-state index contributed by atoms with van der Waals surface area (Å²) in [6.45, 7) is 0.619. The second kappa shape index (κ2) is 8.41. The van der Waals surface area contributed by atoms with E-state index >= 15 is 0 Å². The van der Waals surface area contributed by atoms with Gasteiger partial charge in [0.2, 0.25) is 0 Å². The van der Waals surface area contributed by atoms with Crippen LogP contribution in [-0.2, 0) is 4.79 Å². The number of para-hydroxylation sites is 1. The monoisotopic (exact) mass is 299 g/mol. The van der Waals surface area contributed by atoms with Crippen molar-refractivity contribution in [3.05, 3.63) is 60.4 Å². The lowest BCUT2D eigenvalue weighted by Gasteiger charge is -2.08. The lowest BCUT2D eigenvalue weighted by molar-refractivity contribution is -0.123. The minimum absolute atomic E-state index is 0.0550. The first-order valence-electron chi connectivity index (χ1n) is 6.88. The summed E-state index contributed by atoms with van der Waals surface area (Å²) in [5.74, 6) is 0.185. The predicted octanol–water partition coefficient (Wildman–Crippen LogP) is 1.01. The Morgan fingerprint density at radius 2 is 1.77 bits per heavy atom. The summed E-state index contributed by atoms with van der Waals surface area (Å²) in [5.41, 5.74) is 0.487. The van der Waals surface area contributed by atoms with Gasteiger partial charge >= 0.3 is 0 Å². The molecule has 2 N–H and O–H groups in total. The number of hydrogen-bond donors (Lipinski definition) is 2. The molecule has 114 valence electrons. The number of pyridine rings is 1. The number of benzene rings is 1. The van der Waals surface area contributed by atoms with Gasteiger partial charge in [0.25, 0.3) is 11.8 Å². The van der Waals surface area contributed by atoms with Gasteiger partial charge in [0.1, 0.15) is 5.75 Å². The van der Waals surface area contributed by atoms with Gasteiger partial charge in [-0.3, -0.25) is 14.6 Å². The second-order valence-electron chi connectivity index (χ2n) is 4.45. The Bertz CT molecular complexity index is 603. The third-order valence-electron chi connectivity index (χ3n) is 2.77. The third-order valence-corrected chi connectivity index (χ3v) is 2.77. The van der Waals surface area contributed by atoms with Crippen LogP contribution in [0.3, 0.4) is 0 Å². The maximum Gasteiger partial charge on any atom is 0.258 e. The zero-order valence-electron chi connectivity index (χ0n) is 12.0. The van der Waals surface area contributed by atoms with Crippen LogP contribution in [0.15, 0.2) is 54.9 Å². The lowest BCUT2D eigenvalue weighted by atomic mass is 10.3. The number of nitrogens with zero attached hydrogens (tertiary/aromatic N) is 1. The quantitative estimate of drug-likeness (QED) is 0.748. The molecule has 2 aromatic rings. The Morgan fingerprint density at radius 1 is 1.00 bits per heavy atom. The van der Waals surface area contributed by atoms with Crippen LogP contribution in [0.1, 0.15) is 10.4 Å². The molecule has 6 nitrogen and oxygen atoms in total. The molecule has 0 bridgehead atoms. The van der Waals surface area contributed by atoms with Crippen LogP contribution in [0.4, 0.5) is 0 Å². The zero-order chi connectivity index (χ0) is 15.6. The highest BCUT2D eigenvalue weighted by Crippen LogP contribution is 2.07. The standard InChI is InChI=1S/C16H17N3O3/c20-15(12-22-14-6-2-1-3-7-14)18-9-10-19-16(21)13-5-4-8-17-11-13/h1-8,11H,9-10,12H2,(H,18,20)(H,19,21). The minimum atomic E-state index is -0.237. The first-order valence-corrected chi connectivity index (χ1v) is 6.88. The lowest BCUT2D eigenvalue weighted by Crippen LogP contribution is -2.36. The number of hydrogen-bond acceptors (Lipinski definition) is 4. The summed E-state index contributed by atoms with van der Waals surface area (Å²) in [4.78, 5) is 27.2. The normalized spacial score (nSPS) is 9.82. The van der Waals surface area contributed by atoms with Crippen molar-refractivity contribution in [1.82, 2.24) is 15.6 Å². The average molecular weight is 299 g/mol. The van der Waals surface area contributed by atoms with E-state index in [-0.39, 0.29) is 18.4 Å². The van der Waals surface area contributed by atoms with Crippen molar-refractivity contribution in [2.75, 3.05) is 19.7 Å². The minimum Gasteiger partial charge on any atom is -0.484 e. The van der Waals surface area contributed by atoms with E-state index in [4.69, 9.17) is 4.74 Å². The molecule has 0 unspecified atom stereocenters. The predicted molar refractivity (Wildman–Crippen MR) is 81.5 cm³/mol. The van der Waals surface area contributed by atoms with Crippen molar-refractivity contribution in [3.63, 3.8) is 0 Å². The molecule has 0 radical (unpaired) electrons. The highest BCUT2D eigenvalue weighted by atomic mass is 16.5. The Morgan fingerprint density at radius 3 is 2.50 bits per heavy atom. The highest BCUT2D eigenvalue weighted by Gasteiger charge is 2.05. The van der Waals surface area contributed by atoms with E-state index < -0.39 is 0 Å². The molecule has 1 aromatic heterocycles. The van der Waals surface area contributed by atoms with Crippen LogP contribution in [-0.4, -0.2) is 36.5 Å². The fourth-order valence-corrected chi connectivity index (χ4v) is 1.69. The molecule has 0 saturated carbocycles. The molecule has 1 heterocycles. The molecular weight excluding hydrogens is 282 g/mol. The molecular formula is C16H17N3O3. The Kier molecular flexibility index (Phi) is 5.92. The van der Waals surface area contributed by atoms with Gasteiger partial charge in [-0.1, -0.05) is 18.2 Å². The van der Waals surface area contributed by atoms with Crippen molar-refractivity contribution in [2.45, 2.75) is 0 Å². The fraction of sp³-hybridized carbons (Fsp3) is 0.188. The van der Waals surface area contributed by atoms with Gasteiger partial charge in [-0.15, -0.1) is 0 Å². The van der Waals surface area contributed by atoms with Crippen molar-refractivity contribution in [3.8, 4) is 5.75 Å². The van der Waals surface area contributed by atoms with Crippen LogP contribution < -0.4 is 15.4 Å². The molecule has 0 fully saturated rings. The molecule has 22 heavy (non-hydrogen) atoms. The molecule has 0 spiro atoms. The molecule has 0 atom stereocenters. The molecule has 0 aliphatic heterocycles. The van der Waals surface area contributed by atoms with E-state index in [0.29, 0.717) is 24.4 Å². The maximum absolute atomic E-state index is 11.7. The van der Waals surface area contributed by atoms with Crippen LogP contribution >= 0.6 is 0 Å². The van der Waals surface area contributed by atoms with Crippen molar-refractivity contribution in [2.24, 2.45) is 0 Å². The number of amides is 2. The second-order valence-corrected chi connectivity index (χ2v) is 4.45. The van der Waals surface area contributed by atoms with E-state index in [1.54, 1.807) is 30.5 Å². The number of rotatable bonds is 7. The summed E-state index contributed by atoms with van der Waals surface area (Å²) in [7, 11) is 0. The highest BCUT2D eigenvalue weighted by molar-refractivity contribution is 5.93. The summed E-state index contributed by atoms with van der Waals surface area (Å²) < 4.78 is 5.31. The number of carbonyl (C=O) groups excluding carboxylic acids is 2. The summed E-state index contributed by atoms with van der Waals surface area (Å²) in [6.07, 6.45) is 3.09. The third kappa shape index (κ3) is 5.24. The summed E-state index contributed by atoms with van der Waals surface area (Å²) in [5, 5.41) is 5.36. The largest absolute Gasteiger partial charge is 0.484 e. The van der Waals surface area contributed by atoms with E-state index in [1.165, 1.54) is 6.20 Å². The van der Waals surface area contributed by atoms with Crippen molar-refractivity contribution < 1.29 is 14.3 Å². The Labute approximate surface area is 128 Å². The topological polar surface area (TPSA) is 80.3 Å². The van der Waals surface area contributed by atoms with Gasteiger partial charge < -0.3 is 15.4 Å². The van der Waals surface area contributed by atoms with Crippen molar-refractivity contribution >= 4 is 11.8 Å². The molecule has 2 amide bonds. The number of nitrogens with one attached hydrogen (secondary N) is 2. The molecule has 6 heteroatoms. The van der Waals surface area contributed by atoms with E-state index in [9.17, 15) is 9.59 Å². The van der Waals surface area contributed by atoms with Crippen LogP contribution in [0.25, 0.3) is 0 Å². The molecule has 1 aromatic carbocycles. The van der Waals surface area contributed by atoms with Crippen molar-refractivity contribution in [1.29, 1.82) is 0 Å². The van der Waals surface area contributed by atoms with E-state index in [2.05, 4.69) is 15.6 Å². The summed E-state index contributed by atoms with van der Waals surface area (Å²) >= 11 is 0. The molecule has 2 rings (SSSR count). The smallest absolute Gasteiger partial charge is 0.258 e.